The lowest BCUT2D eigenvalue weighted by Gasteiger charge is -2.25. The van der Waals surface area contributed by atoms with Gasteiger partial charge >= 0.3 is 12.1 Å². The van der Waals surface area contributed by atoms with Crippen LogP contribution in [0.2, 0.25) is 10.0 Å². The number of hydrogen-bond donors (Lipinski definition) is 2. The summed E-state index contributed by atoms with van der Waals surface area (Å²) in [5.41, 5.74) is -0.189. The van der Waals surface area contributed by atoms with Gasteiger partial charge in [0.15, 0.2) is 0 Å². The number of hydrogen-bond acceptors (Lipinski definition) is 4. The van der Waals surface area contributed by atoms with Crippen LogP contribution in [0.15, 0.2) is 18.2 Å². The van der Waals surface area contributed by atoms with Crippen LogP contribution >= 0.6 is 23.2 Å². The van der Waals surface area contributed by atoms with Gasteiger partial charge in [0.2, 0.25) is 0 Å². The summed E-state index contributed by atoms with van der Waals surface area (Å²) in [6.07, 6.45) is -4.30. The molecule has 0 aliphatic heterocycles. The molecule has 0 bridgehead atoms. The van der Waals surface area contributed by atoms with E-state index in [4.69, 9.17) is 42.6 Å². The quantitative estimate of drug-likeness (QED) is 0.646. The highest BCUT2D eigenvalue weighted by Gasteiger charge is 2.38. The molecule has 0 amide bonds. The van der Waals surface area contributed by atoms with Crippen LogP contribution in [-0.4, -0.2) is 49.2 Å². The van der Waals surface area contributed by atoms with E-state index in [0.717, 1.165) is 13.0 Å². The summed E-state index contributed by atoms with van der Waals surface area (Å²) in [6.45, 7) is 7.44. The van der Waals surface area contributed by atoms with Gasteiger partial charge in [-0.15, -0.1) is 0 Å². The highest BCUT2D eigenvalue weighted by molar-refractivity contribution is 6.35. The molecule has 0 heterocycles. The third-order valence-corrected chi connectivity index (χ3v) is 3.38. The molecule has 0 spiro atoms. The first-order chi connectivity index (χ1) is 12.3. The van der Waals surface area contributed by atoms with E-state index in [0.29, 0.717) is 22.4 Å². The molecule has 1 atom stereocenters. The average molecular weight is 434 g/mol. The highest BCUT2D eigenvalue weighted by atomic mass is 35.5. The number of rotatable bonds is 7. The third kappa shape index (κ3) is 12.7. The van der Waals surface area contributed by atoms with Crippen LogP contribution in [0.25, 0.3) is 0 Å². The Hall–Kier alpha value is -1.22. The van der Waals surface area contributed by atoms with Gasteiger partial charge in [-0.25, -0.2) is 4.79 Å². The van der Waals surface area contributed by atoms with Crippen molar-refractivity contribution >= 4 is 29.2 Å². The largest absolute Gasteiger partial charge is 0.490 e. The third-order valence-electron chi connectivity index (χ3n) is 2.85. The molecule has 0 unspecified atom stereocenters. The van der Waals surface area contributed by atoms with E-state index < -0.39 is 12.1 Å². The molecule has 27 heavy (non-hydrogen) atoms. The summed E-state index contributed by atoms with van der Waals surface area (Å²) in [4.78, 5) is 8.90. The van der Waals surface area contributed by atoms with Crippen molar-refractivity contribution in [2.45, 2.75) is 45.1 Å². The maximum atomic E-state index is 10.6. The second-order valence-electron chi connectivity index (χ2n) is 6.43. The van der Waals surface area contributed by atoms with Gasteiger partial charge in [-0.05, 0) is 59.0 Å². The molecule has 0 aliphatic rings. The number of carboxylic acid groups (broad SMARTS) is 1. The molecule has 0 saturated carbocycles. The lowest BCUT2D eigenvalue weighted by atomic mass is 10.2. The Morgan fingerprint density at radius 2 is 1.81 bits per heavy atom. The van der Waals surface area contributed by atoms with Gasteiger partial charge in [-0.3, -0.25) is 0 Å². The summed E-state index contributed by atoms with van der Waals surface area (Å²) in [7, 11) is 1.91. The average Bonchev–Trinajstić information content (AvgIpc) is 2.51. The Balaban J connectivity index is 0.000000821. The number of nitrogens with one attached hydrogen (secondary N) is 1. The monoisotopic (exact) mass is 433 g/mol. The standard InChI is InChI=1S/C15H23Cl2NO2.C2HF3O2/c1-15(2,3)19-10-12(7-8-18-4)20-14-6-5-11(16)9-13(14)17;3-2(4,5)1(6)7/h5-6,9,12,18H,7-8,10H2,1-4H3;(H,6,7)/t12-;/m0./s1. The Kier molecular flexibility index (Phi) is 11.1. The molecule has 10 heteroatoms. The molecule has 1 aromatic rings. The van der Waals surface area contributed by atoms with E-state index in [1.165, 1.54) is 0 Å². The zero-order valence-electron chi connectivity index (χ0n) is 15.5. The normalized spacial score (nSPS) is 12.8. The fraction of sp³-hybridized carbons (Fsp3) is 0.588. The van der Waals surface area contributed by atoms with E-state index in [9.17, 15) is 13.2 Å². The van der Waals surface area contributed by atoms with Crippen LogP contribution in [0.5, 0.6) is 5.75 Å². The minimum absolute atomic E-state index is 0.0552. The van der Waals surface area contributed by atoms with Crippen LogP contribution in [0, 0.1) is 0 Å². The van der Waals surface area contributed by atoms with E-state index in [2.05, 4.69) is 5.32 Å². The first-order valence-corrected chi connectivity index (χ1v) is 8.72. The fourth-order valence-corrected chi connectivity index (χ4v) is 2.03. The van der Waals surface area contributed by atoms with Gasteiger partial charge < -0.3 is 19.9 Å². The molecule has 2 N–H and O–H groups in total. The smallest absolute Gasteiger partial charge is 0.486 e. The molecule has 0 aliphatic carbocycles. The molecule has 156 valence electrons. The minimum atomic E-state index is -5.08. The SMILES string of the molecule is CNCC[C@@H](COC(C)(C)C)Oc1ccc(Cl)cc1Cl.O=C(O)C(F)(F)F. The molecule has 1 rings (SSSR count). The molecule has 0 saturated heterocycles. The molecule has 5 nitrogen and oxygen atoms in total. The first kappa shape index (κ1) is 25.8. The van der Waals surface area contributed by atoms with E-state index in [1.807, 2.05) is 27.8 Å². The number of carbonyl (C=O) groups is 1. The number of carboxylic acids is 1. The van der Waals surface area contributed by atoms with E-state index >= 15 is 0 Å². The number of halogens is 5. The van der Waals surface area contributed by atoms with Crippen molar-refractivity contribution in [3.63, 3.8) is 0 Å². The maximum Gasteiger partial charge on any atom is 0.490 e. The zero-order chi connectivity index (χ0) is 21.3. The number of alkyl halides is 3. The molecule has 0 fully saturated rings. The van der Waals surface area contributed by atoms with Gasteiger partial charge in [0.25, 0.3) is 0 Å². The van der Waals surface area contributed by atoms with Crippen LogP contribution in [0.3, 0.4) is 0 Å². The summed E-state index contributed by atoms with van der Waals surface area (Å²) >= 11 is 12.0. The Bertz CT molecular complexity index is 593. The summed E-state index contributed by atoms with van der Waals surface area (Å²) in [5, 5.41) is 11.4. The zero-order valence-corrected chi connectivity index (χ0v) is 17.0. The van der Waals surface area contributed by atoms with Crippen molar-refractivity contribution < 1.29 is 32.5 Å². The summed E-state index contributed by atoms with van der Waals surface area (Å²) < 4.78 is 43.5. The van der Waals surface area contributed by atoms with Crippen LogP contribution in [-0.2, 0) is 9.53 Å². The van der Waals surface area contributed by atoms with Crippen molar-refractivity contribution in [1.82, 2.24) is 5.32 Å². The summed E-state index contributed by atoms with van der Waals surface area (Å²) in [5.74, 6) is -2.12. The van der Waals surface area contributed by atoms with Crippen LogP contribution in [0.1, 0.15) is 27.2 Å². The molecule has 1 aromatic carbocycles. The van der Waals surface area contributed by atoms with Crippen LogP contribution < -0.4 is 10.1 Å². The lowest BCUT2D eigenvalue weighted by Crippen LogP contribution is -2.32. The Morgan fingerprint density at radius 3 is 2.22 bits per heavy atom. The van der Waals surface area contributed by atoms with E-state index in [1.54, 1.807) is 18.2 Å². The second-order valence-corrected chi connectivity index (χ2v) is 7.28. The number of benzene rings is 1. The number of aliphatic carboxylic acids is 1. The Labute approximate surface area is 166 Å². The van der Waals surface area contributed by atoms with Crippen molar-refractivity contribution in [3.05, 3.63) is 28.2 Å². The van der Waals surface area contributed by atoms with Crippen molar-refractivity contribution in [2.24, 2.45) is 0 Å². The van der Waals surface area contributed by atoms with Crippen molar-refractivity contribution in [1.29, 1.82) is 0 Å². The van der Waals surface area contributed by atoms with Gasteiger partial charge in [0, 0.05) is 5.02 Å². The molecule has 0 aromatic heterocycles. The van der Waals surface area contributed by atoms with Gasteiger partial charge in [-0.2, -0.15) is 13.2 Å². The van der Waals surface area contributed by atoms with Crippen LogP contribution in [0.4, 0.5) is 13.2 Å². The topological polar surface area (TPSA) is 67.8 Å². The van der Waals surface area contributed by atoms with Gasteiger partial charge in [0.05, 0.1) is 17.2 Å². The first-order valence-electron chi connectivity index (χ1n) is 7.96. The second kappa shape index (κ2) is 11.6. The minimum Gasteiger partial charge on any atom is -0.486 e. The predicted molar refractivity (Wildman–Crippen MR) is 98.8 cm³/mol. The van der Waals surface area contributed by atoms with E-state index in [-0.39, 0.29) is 11.7 Å². The highest BCUT2D eigenvalue weighted by Crippen LogP contribution is 2.29. The van der Waals surface area contributed by atoms with Gasteiger partial charge in [-0.1, -0.05) is 23.2 Å². The predicted octanol–water partition coefficient (Wildman–Crippen LogP) is 4.80. The molecule has 0 radical (unpaired) electrons. The maximum absolute atomic E-state index is 10.6. The molecular formula is C17H24Cl2F3NO4. The lowest BCUT2D eigenvalue weighted by molar-refractivity contribution is -0.192. The van der Waals surface area contributed by atoms with Crippen molar-refractivity contribution in [3.8, 4) is 5.75 Å². The fourth-order valence-electron chi connectivity index (χ4n) is 1.57. The van der Waals surface area contributed by atoms with Gasteiger partial charge in [0.1, 0.15) is 11.9 Å². The number of ether oxygens (including phenoxy) is 2. The summed E-state index contributed by atoms with van der Waals surface area (Å²) in [6, 6.07) is 5.23. The van der Waals surface area contributed by atoms with Crippen molar-refractivity contribution in [2.75, 3.05) is 20.2 Å². The molecular weight excluding hydrogens is 410 g/mol. The Morgan fingerprint density at radius 1 is 1.26 bits per heavy atom.